The van der Waals surface area contributed by atoms with Gasteiger partial charge in [-0.05, 0) is 31.0 Å². The first kappa shape index (κ1) is 12.7. The molecule has 1 atom stereocenters. The lowest BCUT2D eigenvalue weighted by atomic mass is 10.1. The van der Waals surface area contributed by atoms with E-state index in [1.165, 1.54) is 0 Å². The molecular formula is C13H18N2O3. The zero-order valence-electron chi connectivity index (χ0n) is 10.4. The van der Waals surface area contributed by atoms with Crippen LogP contribution in [0.5, 0.6) is 5.75 Å². The van der Waals surface area contributed by atoms with Gasteiger partial charge in [0.25, 0.3) is 5.91 Å². The number of nitrogen functional groups attached to an aromatic ring is 1. The molecule has 18 heavy (non-hydrogen) atoms. The first-order chi connectivity index (χ1) is 8.70. The highest BCUT2D eigenvalue weighted by Crippen LogP contribution is 2.21. The molecule has 0 unspecified atom stereocenters. The summed E-state index contributed by atoms with van der Waals surface area (Å²) in [5.74, 6) is 0.436. The maximum absolute atomic E-state index is 11.9. The van der Waals surface area contributed by atoms with Crippen LogP contribution >= 0.6 is 0 Å². The third-order valence-electron chi connectivity index (χ3n) is 3.01. The van der Waals surface area contributed by atoms with Crippen molar-refractivity contribution >= 4 is 11.6 Å². The van der Waals surface area contributed by atoms with Crippen molar-refractivity contribution in [2.45, 2.75) is 18.9 Å². The fourth-order valence-corrected chi connectivity index (χ4v) is 1.99. The van der Waals surface area contributed by atoms with Crippen molar-refractivity contribution in [2.75, 3.05) is 26.0 Å². The number of hydrogen-bond acceptors (Lipinski definition) is 4. The monoisotopic (exact) mass is 250 g/mol. The molecule has 0 spiro atoms. The zero-order valence-corrected chi connectivity index (χ0v) is 10.4. The summed E-state index contributed by atoms with van der Waals surface area (Å²) in [4.78, 5) is 11.9. The van der Waals surface area contributed by atoms with Crippen LogP contribution in [0.1, 0.15) is 23.2 Å². The minimum absolute atomic E-state index is 0.139. The Morgan fingerprint density at radius 1 is 1.61 bits per heavy atom. The Morgan fingerprint density at radius 3 is 3.06 bits per heavy atom. The van der Waals surface area contributed by atoms with Gasteiger partial charge in [-0.25, -0.2) is 0 Å². The van der Waals surface area contributed by atoms with Crippen molar-refractivity contribution in [1.82, 2.24) is 5.32 Å². The van der Waals surface area contributed by atoms with E-state index in [0.717, 1.165) is 19.4 Å². The zero-order chi connectivity index (χ0) is 13.0. The molecule has 1 amide bonds. The van der Waals surface area contributed by atoms with Gasteiger partial charge >= 0.3 is 0 Å². The van der Waals surface area contributed by atoms with E-state index >= 15 is 0 Å². The van der Waals surface area contributed by atoms with Gasteiger partial charge in [0.2, 0.25) is 0 Å². The number of nitrogens with two attached hydrogens (primary N) is 1. The largest absolute Gasteiger partial charge is 0.495 e. The number of methoxy groups -OCH3 is 1. The van der Waals surface area contributed by atoms with E-state index in [0.29, 0.717) is 23.5 Å². The van der Waals surface area contributed by atoms with Crippen LogP contribution in [-0.4, -0.2) is 32.3 Å². The molecule has 0 aromatic heterocycles. The third-order valence-corrected chi connectivity index (χ3v) is 3.01. The number of anilines is 1. The Labute approximate surface area is 106 Å². The molecule has 1 aliphatic heterocycles. The second-order valence-corrected chi connectivity index (χ2v) is 4.30. The third kappa shape index (κ3) is 2.92. The minimum atomic E-state index is -0.139. The molecule has 3 N–H and O–H groups in total. The van der Waals surface area contributed by atoms with Gasteiger partial charge in [-0.1, -0.05) is 0 Å². The van der Waals surface area contributed by atoms with Gasteiger partial charge in [0, 0.05) is 18.7 Å². The molecule has 5 nitrogen and oxygen atoms in total. The first-order valence-electron chi connectivity index (χ1n) is 6.04. The molecular weight excluding hydrogens is 232 g/mol. The van der Waals surface area contributed by atoms with E-state index in [1.54, 1.807) is 25.3 Å². The summed E-state index contributed by atoms with van der Waals surface area (Å²) >= 11 is 0. The Bertz CT molecular complexity index is 428. The molecule has 1 aliphatic rings. The predicted octanol–water partition coefficient (Wildman–Crippen LogP) is 1.19. The maximum Gasteiger partial charge on any atom is 0.251 e. The molecule has 1 aromatic rings. The van der Waals surface area contributed by atoms with Crippen molar-refractivity contribution < 1.29 is 14.3 Å². The standard InChI is InChI=1S/C13H18N2O3/c1-17-12-5-4-9(7-11(12)14)13(16)15-8-10-3-2-6-18-10/h4-5,7,10H,2-3,6,8,14H2,1H3,(H,15,16)/t10-/m0/s1. The summed E-state index contributed by atoms with van der Waals surface area (Å²) in [6.45, 7) is 1.33. The first-order valence-corrected chi connectivity index (χ1v) is 6.04. The second-order valence-electron chi connectivity index (χ2n) is 4.30. The minimum Gasteiger partial charge on any atom is -0.495 e. The molecule has 0 bridgehead atoms. The van der Waals surface area contributed by atoms with Crippen molar-refractivity contribution in [3.63, 3.8) is 0 Å². The molecule has 1 fully saturated rings. The van der Waals surface area contributed by atoms with E-state index in [4.69, 9.17) is 15.2 Å². The number of amides is 1. The van der Waals surface area contributed by atoms with Gasteiger partial charge in [-0.15, -0.1) is 0 Å². The van der Waals surface area contributed by atoms with Crippen LogP contribution in [-0.2, 0) is 4.74 Å². The summed E-state index contributed by atoms with van der Waals surface area (Å²) < 4.78 is 10.5. The average Bonchev–Trinajstić information content (AvgIpc) is 2.89. The molecule has 0 radical (unpaired) electrons. The van der Waals surface area contributed by atoms with E-state index in [-0.39, 0.29) is 12.0 Å². The number of rotatable bonds is 4. The number of carbonyl (C=O) groups is 1. The number of nitrogens with one attached hydrogen (secondary N) is 1. The average molecular weight is 250 g/mol. The Kier molecular flexibility index (Phi) is 4.04. The van der Waals surface area contributed by atoms with Crippen LogP contribution in [0.2, 0.25) is 0 Å². The highest BCUT2D eigenvalue weighted by atomic mass is 16.5. The van der Waals surface area contributed by atoms with Crippen LogP contribution in [0.15, 0.2) is 18.2 Å². The van der Waals surface area contributed by atoms with Gasteiger partial charge in [-0.3, -0.25) is 4.79 Å². The van der Waals surface area contributed by atoms with Crippen molar-refractivity contribution in [2.24, 2.45) is 0 Å². The Hall–Kier alpha value is -1.75. The van der Waals surface area contributed by atoms with Crippen LogP contribution in [0, 0.1) is 0 Å². The fraction of sp³-hybridized carbons (Fsp3) is 0.462. The molecule has 1 saturated heterocycles. The number of carbonyl (C=O) groups excluding carboxylic acids is 1. The van der Waals surface area contributed by atoms with E-state index < -0.39 is 0 Å². The highest BCUT2D eigenvalue weighted by Gasteiger charge is 2.16. The quantitative estimate of drug-likeness (QED) is 0.787. The Balaban J connectivity index is 1.93. The van der Waals surface area contributed by atoms with Gasteiger partial charge in [0.05, 0.1) is 18.9 Å². The lowest BCUT2D eigenvalue weighted by Crippen LogP contribution is -2.31. The molecule has 1 heterocycles. The topological polar surface area (TPSA) is 73.6 Å². The lowest BCUT2D eigenvalue weighted by Gasteiger charge is -2.11. The van der Waals surface area contributed by atoms with E-state index in [9.17, 15) is 4.79 Å². The van der Waals surface area contributed by atoms with Gasteiger partial charge < -0.3 is 20.5 Å². The molecule has 1 aromatic carbocycles. The predicted molar refractivity (Wildman–Crippen MR) is 68.7 cm³/mol. The van der Waals surface area contributed by atoms with E-state index in [2.05, 4.69) is 5.32 Å². The van der Waals surface area contributed by atoms with Crippen LogP contribution < -0.4 is 15.8 Å². The van der Waals surface area contributed by atoms with Gasteiger partial charge in [0.1, 0.15) is 5.75 Å². The molecule has 2 rings (SSSR count). The number of benzene rings is 1. The number of ether oxygens (including phenoxy) is 2. The van der Waals surface area contributed by atoms with E-state index in [1.807, 2.05) is 0 Å². The normalized spacial score (nSPS) is 18.6. The molecule has 0 aliphatic carbocycles. The smallest absolute Gasteiger partial charge is 0.251 e. The van der Waals surface area contributed by atoms with Crippen LogP contribution in [0.4, 0.5) is 5.69 Å². The summed E-state index contributed by atoms with van der Waals surface area (Å²) in [6.07, 6.45) is 2.21. The number of hydrogen-bond donors (Lipinski definition) is 2. The summed E-state index contributed by atoms with van der Waals surface area (Å²) in [5, 5.41) is 2.85. The van der Waals surface area contributed by atoms with Crippen molar-refractivity contribution in [3.05, 3.63) is 23.8 Å². The molecule has 5 heteroatoms. The Morgan fingerprint density at radius 2 is 2.44 bits per heavy atom. The summed E-state index contributed by atoms with van der Waals surface area (Å²) in [6, 6.07) is 5.00. The highest BCUT2D eigenvalue weighted by molar-refractivity contribution is 5.95. The summed E-state index contributed by atoms with van der Waals surface area (Å²) in [5.41, 5.74) is 6.75. The lowest BCUT2D eigenvalue weighted by molar-refractivity contribution is 0.0858. The molecule has 98 valence electrons. The fourth-order valence-electron chi connectivity index (χ4n) is 1.99. The van der Waals surface area contributed by atoms with Gasteiger partial charge in [-0.2, -0.15) is 0 Å². The maximum atomic E-state index is 11.9. The summed E-state index contributed by atoms with van der Waals surface area (Å²) in [7, 11) is 1.54. The van der Waals surface area contributed by atoms with Gasteiger partial charge in [0.15, 0.2) is 0 Å². The SMILES string of the molecule is COc1ccc(C(=O)NC[C@@H]2CCCO2)cc1N. The second kappa shape index (κ2) is 5.73. The molecule has 0 saturated carbocycles. The van der Waals surface area contributed by atoms with Crippen molar-refractivity contribution in [1.29, 1.82) is 0 Å². The van der Waals surface area contributed by atoms with Crippen LogP contribution in [0.25, 0.3) is 0 Å². The van der Waals surface area contributed by atoms with Crippen LogP contribution in [0.3, 0.4) is 0 Å². The van der Waals surface area contributed by atoms with Crippen molar-refractivity contribution in [3.8, 4) is 5.75 Å².